The Labute approximate surface area is 195 Å². The molecule has 0 unspecified atom stereocenters. The predicted octanol–water partition coefficient (Wildman–Crippen LogP) is 5.55. The van der Waals surface area contributed by atoms with Crippen molar-refractivity contribution in [2.24, 2.45) is 0 Å². The number of nitrogens with zero attached hydrogens (tertiary/aromatic N) is 1. The number of carbonyl (C=O) groups is 2. The molecular formula is C21H16ClF3N4O3. The first kappa shape index (κ1) is 15.1. The van der Waals surface area contributed by atoms with Gasteiger partial charge in [-0.2, -0.15) is 13.2 Å². The van der Waals surface area contributed by atoms with Gasteiger partial charge in [0, 0.05) is 30.7 Å². The third kappa shape index (κ3) is 5.88. The number of aromatic nitrogens is 1. The number of hydrogen-bond donors (Lipinski definition) is 3. The van der Waals surface area contributed by atoms with Crippen LogP contribution in [-0.4, -0.2) is 24.0 Å². The molecule has 0 spiro atoms. The third-order valence-electron chi connectivity index (χ3n) is 3.54. The first-order valence-corrected chi connectivity index (χ1v) is 8.88. The summed E-state index contributed by atoms with van der Waals surface area (Å²) in [4.78, 5) is 28.2. The Morgan fingerprint density at radius 2 is 1.72 bits per heavy atom. The van der Waals surface area contributed by atoms with E-state index in [2.05, 4.69) is 10.3 Å². The monoisotopic (exact) mass is 471 g/mol. The fraction of sp³-hybridized carbons (Fsp3) is 0.0952. The smallest absolute Gasteiger partial charge is 0.417 e. The van der Waals surface area contributed by atoms with E-state index in [0.717, 1.165) is 0 Å². The zero-order valence-electron chi connectivity index (χ0n) is 22.9. The summed E-state index contributed by atoms with van der Waals surface area (Å²) in [5, 5.41) is 4.91. The molecule has 0 atom stereocenters. The molecule has 32 heavy (non-hydrogen) atoms. The van der Waals surface area contributed by atoms with Gasteiger partial charge in [-0.15, -0.1) is 0 Å². The maximum atomic E-state index is 13.4. The van der Waals surface area contributed by atoms with Gasteiger partial charge in [0.25, 0.3) is 5.91 Å². The van der Waals surface area contributed by atoms with Gasteiger partial charge in [-0.25, -0.2) is 4.79 Å². The maximum absolute atomic E-state index is 13.4. The van der Waals surface area contributed by atoms with E-state index in [-0.39, 0.29) is 11.4 Å². The molecule has 166 valence electrons. The molecule has 7 nitrogen and oxygen atoms in total. The standard InChI is InChI=1S/C21H16ClF3N4O3/c1-26-19(30)18-11-15(8-9-27-18)32-14-5-2-12(3-6-14)28-20(31)29-13-4-7-17(22)16(10-13)21(23,24)25/h2-11H,1H3,(H,26,30)(H2,28,29,31)/i2D,3D,4D,5D,6D,7D,10D. The highest BCUT2D eigenvalue weighted by Crippen LogP contribution is 2.36. The Morgan fingerprint density at radius 3 is 2.38 bits per heavy atom. The summed E-state index contributed by atoms with van der Waals surface area (Å²) in [7, 11) is 1.37. The number of benzene rings is 2. The van der Waals surface area contributed by atoms with Crippen LogP contribution in [0.5, 0.6) is 11.5 Å². The van der Waals surface area contributed by atoms with E-state index in [1.807, 2.05) is 10.6 Å². The van der Waals surface area contributed by atoms with Crippen LogP contribution >= 0.6 is 11.6 Å². The summed E-state index contributed by atoms with van der Waals surface area (Å²) in [6.07, 6.45) is -3.97. The van der Waals surface area contributed by atoms with E-state index in [4.69, 9.17) is 25.9 Å². The second-order valence-corrected chi connectivity index (χ2v) is 6.16. The molecule has 2 aromatic carbocycles. The topological polar surface area (TPSA) is 92.3 Å². The number of nitrogens with one attached hydrogen (secondary N) is 3. The van der Waals surface area contributed by atoms with E-state index in [0.29, 0.717) is 0 Å². The van der Waals surface area contributed by atoms with Gasteiger partial charge >= 0.3 is 12.2 Å². The SMILES string of the molecule is [2H]c1c([2H])c(NC(=O)Nc2c([2H])c([2H])c(Oc3ccnc(C(=O)NC)c3)c([2H])c2[2H])c([2H])c(C(F)(F)F)c1Cl. The molecule has 1 heterocycles. The van der Waals surface area contributed by atoms with E-state index in [9.17, 15) is 22.8 Å². The second kappa shape index (κ2) is 9.56. The quantitative estimate of drug-likeness (QED) is 0.455. The molecule has 3 amide bonds. The van der Waals surface area contributed by atoms with Crippen LogP contribution in [0.4, 0.5) is 29.3 Å². The summed E-state index contributed by atoms with van der Waals surface area (Å²) in [6, 6.07) is -5.58. The molecule has 11 heteroatoms. The molecule has 3 aromatic rings. The lowest BCUT2D eigenvalue weighted by atomic mass is 10.2. The number of ether oxygens (including phenoxy) is 1. The average Bonchev–Trinajstić information content (AvgIpc) is 2.88. The number of hydrogen-bond acceptors (Lipinski definition) is 4. The summed E-state index contributed by atoms with van der Waals surface area (Å²) in [5.74, 6) is -1.18. The molecule has 0 aliphatic carbocycles. The number of alkyl halides is 3. The number of pyridine rings is 1. The molecule has 0 saturated heterocycles. The first-order valence-electron chi connectivity index (χ1n) is 12.0. The summed E-state index contributed by atoms with van der Waals surface area (Å²) < 4.78 is 101. The van der Waals surface area contributed by atoms with Crippen molar-refractivity contribution in [3.63, 3.8) is 0 Å². The average molecular weight is 472 g/mol. The minimum absolute atomic E-state index is 0.0526. The van der Waals surface area contributed by atoms with Crippen LogP contribution in [0.2, 0.25) is 5.02 Å². The summed E-state index contributed by atoms with van der Waals surface area (Å²) in [6.45, 7) is 0. The number of urea groups is 1. The number of halogens is 4. The fourth-order valence-corrected chi connectivity index (χ4v) is 2.37. The Balaban J connectivity index is 1.96. The third-order valence-corrected chi connectivity index (χ3v) is 3.82. The normalized spacial score (nSPS) is 14.0. The molecule has 1 aromatic heterocycles. The Morgan fingerprint density at radius 1 is 1.06 bits per heavy atom. The highest BCUT2D eigenvalue weighted by atomic mass is 35.5. The van der Waals surface area contributed by atoms with Gasteiger partial charge in [-0.05, 0) is 48.4 Å². The van der Waals surface area contributed by atoms with Crippen LogP contribution in [0, 0.1) is 0 Å². The molecule has 0 saturated carbocycles. The van der Waals surface area contributed by atoms with Crippen LogP contribution in [0.25, 0.3) is 0 Å². The van der Waals surface area contributed by atoms with Gasteiger partial charge in [0.1, 0.15) is 17.2 Å². The maximum Gasteiger partial charge on any atom is 0.417 e. The minimum Gasteiger partial charge on any atom is -0.457 e. The van der Waals surface area contributed by atoms with Gasteiger partial charge in [-0.1, -0.05) is 11.6 Å². The van der Waals surface area contributed by atoms with Crippen LogP contribution in [0.15, 0.2) is 60.6 Å². The zero-order valence-corrected chi connectivity index (χ0v) is 16.7. The van der Waals surface area contributed by atoms with E-state index in [1.165, 1.54) is 25.4 Å². The predicted molar refractivity (Wildman–Crippen MR) is 113 cm³/mol. The second-order valence-electron chi connectivity index (χ2n) is 5.78. The number of amides is 3. The van der Waals surface area contributed by atoms with E-state index >= 15 is 0 Å². The van der Waals surface area contributed by atoms with Crippen molar-refractivity contribution >= 4 is 34.9 Å². The van der Waals surface area contributed by atoms with Gasteiger partial charge in [0.15, 0.2) is 0 Å². The van der Waals surface area contributed by atoms with Crippen molar-refractivity contribution in [2.45, 2.75) is 6.18 Å². The summed E-state index contributed by atoms with van der Waals surface area (Å²) in [5.41, 5.74) is -3.53. The van der Waals surface area contributed by atoms with Gasteiger partial charge in [0.05, 0.1) is 20.2 Å². The molecule has 0 aliphatic heterocycles. The van der Waals surface area contributed by atoms with Gasteiger partial charge in [-0.3, -0.25) is 9.78 Å². The lowest BCUT2D eigenvalue weighted by molar-refractivity contribution is -0.137. The highest BCUT2D eigenvalue weighted by molar-refractivity contribution is 6.31. The van der Waals surface area contributed by atoms with Crippen LogP contribution < -0.4 is 20.7 Å². The van der Waals surface area contributed by atoms with Crippen molar-refractivity contribution in [1.29, 1.82) is 0 Å². The molecular weight excluding hydrogens is 449 g/mol. The largest absolute Gasteiger partial charge is 0.457 e. The molecule has 0 fully saturated rings. The number of carbonyl (C=O) groups excluding carboxylic acids is 2. The van der Waals surface area contributed by atoms with Gasteiger partial charge in [0.2, 0.25) is 0 Å². The van der Waals surface area contributed by atoms with Crippen LogP contribution in [0.1, 0.15) is 25.6 Å². The van der Waals surface area contributed by atoms with Crippen molar-refractivity contribution in [3.05, 3.63) is 76.9 Å². The molecule has 0 radical (unpaired) electrons. The minimum atomic E-state index is -5.18. The number of rotatable bonds is 5. The Kier molecular flexibility index (Phi) is 4.51. The Hall–Kier alpha value is -3.79. The van der Waals surface area contributed by atoms with Crippen molar-refractivity contribution in [2.75, 3.05) is 17.7 Å². The van der Waals surface area contributed by atoms with Crippen molar-refractivity contribution < 1.29 is 37.1 Å². The van der Waals surface area contributed by atoms with Crippen molar-refractivity contribution in [3.8, 4) is 11.5 Å². The van der Waals surface area contributed by atoms with Crippen LogP contribution in [0.3, 0.4) is 0 Å². The number of anilines is 2. The first-order chi connectivity index (χ1) is 18.1. The zero-order chi connectivity index (χ0) is 29.4. The highest BCUT2D eigenvalue weighted by Gasteiger charge is 2.33. The lowest BCUT2D eigenvalue weighted by Crippen LogP contribution is -2.19. The summed E-state index contributed by atoms with van der Waals surface area (Å²) >= 11 is 5.51. The Bertz CT molecular complexity index is 1480. The van der Waals surface area contributed by atoms with E-state index in [1.54, 1.807) is 0 Å². The fourth-order valence-electron chi connectivity index (χ4n) is 2.17. The van der Waals surface area contributed by atoms with Crippen LogP contribution in [-0.2, 0) is 6.18 Å². The lowest BCUT2D eigenvalue weighted by Gasteiger charge is -2.12. The van der Waals surface area contributed by atoms with Gasteiger partial charge < -0.3 is 20.7 Å². The molecule has 0 bridgehead atoms. The molecule has 3 rings (SSSR count). The molecule has 3 N–H and O–H groups in total. The van der Waals surface area contributed by atoms with E-state index < -0.39 is 88.1 Å². The van der Waals surface area contributed by atoms with Crippen molar-refractivity contribution in [1.82, 2.24) is 10.3 Å². The molecule has 0 aliphatic rings.